The quantitative estimate of drug-likeness (QED) is 0.769. The highest BCUT2D eigenvalue weighted by Gasteiger charge is 2.13. The van der Waals surface area contributed by atoms with Crippen LogP contribution in [0.1, 0.15) is 16.8 Å². The van der Waals surface area contributed by atoms with Gasteiger partial charge in [0.25, 0.3) is 0 Å². The molecular formula is C13H16FNOS. The number of carbonyl (C=O) groups excluding carboxylic acids is 1. The second-order valence-electron chi connectivity index (χ2n) is 4.14. The van der Waals surface area contributed by atoms with E-state index in [9.17, 15) is 9.18 Å². The van der Waals surface area contributed by atoms with E-state index in [1.54, 1.807) is 12.1 Å². The second-order valence-corrected chi connectivity index (χ2v) is 5.36. The van der Waals surface area contributed by atoms with Crippen molar-refractivity contribution >= 4 is 17.5 Å². The van der Waals surface area contributed by atoms with Crippen molar-refractivity contribution in [3.8, 4) is 0 Å². The Morgan fingerprint density at radius 1 is 1.35 bits per heavy atom. The molecule has 0 unspecified atom stereocenters. The number of carbonyl (C=O) groups is 1. The Labute approximate surface area is 105 Å². The average Bonchev–Trinajstić information content (AvgIpc) is 2.37. The lowest BCUT2D eigenvalue weighted by Crippen LogP contribution is -2.34. The van der Waals surface area contributed by atoms with E-state index >= 15 is 0 Å². The molecule has 1 aromatic carbocycles. The van der Waals surface area contributed by atoms with Crippen LogP contribution in [0.4, 0.5) is 4.39 Å². The van der Waals surface area contributed by atoms with E-state index in [-0.39, 0.29) is 11.6 Å². The lowest BCUT2D eigenvalue weighted by atomic mass is 10.1. The van der Waals surface area contributed by atoms with Crippen LogP contribution in [-0.2, 0) is 0 Å². The van der Waals surface area contributed by atoms with Crippen LogP contribution in [-0.4, -0.2) is 41.8 Å². The highest BCUT2D eigenvalue weighted by atomic mass is 32.2. The van der Waals surface area contributed by atoms with E-state index in [2.05, 4.69) is 4.90 Å². The SMILES string of the molecule is O=C(CCN1CCSCC1)c1cccc(F)c1. The van der Waals surface area contributed by atoms with Gasteiger partial charge in [-0.2, -0.15) is 11.8 Å². The number of ketones is 1. The fourth-order valence-corrected chi connectivity index (χ4v) is 2.87. The number of hydrogen-bond donors (Lipinski definition) is 0. The molecule has 4 heteroatoms. The fraction of sp³-hybridized carbons (Fsp3) is 0.462. The Bertz CT molecular complexity index is 391. The number of benzene rings is 1. The molecule has 1 heterocycles. The third-order valence-corrected chi connectivity index (χ3v) is 3.85. The molecule has 1 aliphatic rings. The molecule has 2 nitrogen and oxygen atoms in total. The highest BCUT2D eigenvalue weighted by Crippen LogP contribution is 2.11. The Balaban J connectivity index is 1.84. The van der Waals surface area contributed by atoms with Crippen LogP contribution in [0.5, 0.6) is 0 Å². The summed E-state index contributed by atoms with van der Waals surface area (Å²) in [7, 11) is 0. The van der Waals surface area contributed by atoms with Crippen LogP contribution in [0.15, 0.2) is 24.3 Å². The third-order valence-electron chi connectivity index (χ3n) is 2.91. The summed E-state index contributed by atoms with van der Waals surface area (Å²) in [6.07, 6.45) is 0.480. The minimum Gasteiger partial charge on any atom is -0.301 e. The van der Waals surface area contributed by atoms with Crippen molar-refractivity contribution < 1.29 is 9.18 Å². The summed E-state index contributed by atoms with van der Waals surface area (Å²) in [5.74, 6) is 1.98. The summed E-state index contributed by atoms with van der Waals surface area (Å²) >= 11 is 1.96. The summed E-state index contributed by atoms with van der Waals surface area (Å²) in [6.45, 7) is 2.90. The number of nitrogens with zero attached hydrogens (tertiary/aromatic N) is 1. The molecule has 0 bridgehead atoms. The van der Waals surface area contributed by atoms with Crippen molar-refractivity contribution in [1.82, 2.24) is 4.90 Å². The summed E-state index contributed by atoms with van der Waals surface area (Å²) in [6, 6.07) is 5.94. The van der Waals surface area contributed by atoms with E-state index in [0.717, 1.165) is 31.1 Å². The van der Waals surface area contributed by atoms with Gasteiger partial charge in [0.1, 0.15) is 5.82 Å². The lowest BCUT2D eigenvalue weighted by molar-refractivity contribution is 0.0966. The predicted octanol–water partition coefficient (Wildman–Crippen LogP) is 2.45. The standard InChI is InChI=1S/C13H16FNOS/c14-12-3-1-2-11(10-12)13(16)4-5-15-6-8-17-9-7-15/h1-3,10H,4-9H2. The normalized spacial score (nSPS) is 17.0. The molecule has 2 rings (SSSR count). The molecule has 0 N–H and O–H groups in total. The predicted molar refractivity (Wildman–Crippen MR) is 69.1 cm³/mol. The average molecular weight is 253 g/mol. The number of thioether (sulfide) groups is 1. The Kier molecular flexibility index (Phi) is 4.57. The van der Waals surface area contributed by atoms with Crippen LogP contribution in [0, 0.1) is 5.82 Å². The van der Waals surface area contributed by atoms with E-state index in [0.29, 0.717) is 12.0 Å². The molecule has 1 aliphatic heterocycles. The summed E-state index contributed by atoms with van der Waals surface area (Å²) in [5.41, 5.74) is 0.483. The molecule has 92 valence electrons. The molecular weight excluding hydrogens is 237 g/mol. The van der Waals surface area contributed by atoms with Gasteiger partial charge >= 0.3 is 0 Å². The minimum atomic E-state index is -0.342. The first-order valence-electron chi connectivity index (χ1n) is 5.84. The smallest absolute Gasteiger partial charge is 0.164 e. The maximum atomic E-state index is 13.0. The molecule has 0 saturated carbocycles. The number of hydrogen-bond acceptors (Lipinski definition) is 3. The number of halogens is 1. The first-order chi connectivity index (χ1) is 8.25. The zero-order chi connectivity index (χ0) is 12.1. The molecule has 1 saturated heterocycles. The summed E-state index contributed by atoms with van der Waals surface area (Å²) in [4.78, 5) is 14.1. The van der Waals surface area contributed by atoms with Gasteiger partial charge in [-0.25, -0.2) is 4.39 Å². The van der Waals surface area contributed by atoms with Crippen molar-refractivity contribution in [2.24, 2.45) is 0 Å². The zero-order valence-corrected chi connectivity index (χ0v) is 10.5. The van der Waals surface area contributed by atoms with Crippen molar-refractivity contribution in [1.29, 1.82) is 0 Å². The Hall–Kier alpha value is -0.870. The first kappa shape index (κ1) is 12.6. The monoisotopic (exact) mass is 253 g/mol. The number of Topliss-reactive ketones (excluding diaryl/α,β-unsaturated/α-hetero) is 1. The van der Waals surface area contributed by atoms with Gasteiger partial charge < -0.3 is 4.90 Å². The molecule has 0 aromatic heterocycles. The van der Waals surface area contributed by atoms with Crippen LogP contribution in [0.25, 0.3) is 0 Å². The molecule has 0 radical (unpaired) electrons. The van der Waals surface area contributed by atoms with E-state index in [1.807, 2.05) is 11.8 Å². The van der Waals surface area contributed by atoms with Crippen molar-refractivity contribution in [3.63, 3.8) is 0 Å². The van der Waals surface area contributed by atoms with Gasteiger partial charge in [0, 0.05) is 43.1 Å². The van der Waals surface area contributed by atoms with Crippen LogP contribution < -0.4 is 0 Å². The van der Waals surface area contributed by atoms with Crippen LogP contribution >= 0.6 is 11.8 Å². The van der Waals surface area contributed by atoms with Gasteiger partial charge in [0.2, 0.25) is 0 Å². The van der Waals surface area contributed by atoms with Crippen LogP contribution in [0.3, 0.4) is 0 Å². The fourth-order valence-electron chi connectivity index (χ4n) is 1.89. The summed E-state index contributed by atoms with van der Waals surface area (Å²) in [5, 5.41) is 0. The number of rotatable bonds is 4. The van der Waals surface area contributed by atoms with E-state index in [4.69, 9.17) is 0 Å². The van der Waals surface area contributed by atoms with Crippen molar-refractivity contribution in [2.45, 2.75) is 6.42 Å². The summed E-state index contributed by atoms with van der Waals surface area (Å²) < 4.78 is 13.0. The third kappa shape index (κ3) is 3.82. The Morgan fingerprint density at radius 2 is 2.12 bits per heavy atom. The van der Waals surface area contributed by atoms with Crippen LogP contribution in [0.2, 0.25) is 0 Å². The maximum absolute atomic E-state index is 13.0. The first-order valence-corrected chi connectivity index (χ1v) is 7.00. The van der Waals surface area contributed by atoms with Gasteiger partial charge in [-0.3, -0.25) is 4.79 Å². The Morgan fingerprint density at radius 3 is 2.82 bits per heavy atom. The second kappa shape index (κ2) is 6.17. The maximum Gasteiger partial charge on any atom is 0.164 e. The molecule has 1 fully saturated rings. The minimum absolute atomic E-state index is 0.0303. The van der Waals surface area contributed by atoms with Crippen molar-refractivity contribution in [3.05, 3.63) is 35.6 Å². The highest BCUT2D eigenvalue weighted by molar-refractivity contribution is 7.99. The molecule has 0 aliphatic carbocycles. The van der Waals surface area contributed by atoms with Gasteiger partial charge in [0.15, 0.2) is 5.78 Å². The van der Waals surface area contributed by atoms with E-state index in [1.165, 1.54) is 12.1 Å². The van der Waals surface area contributed by atoms with Crippen molar-refractivity contribution in [2.75, 3.05) is 31.1 Å². The molecule has 1 aromatic rings. The molecule has 0 spiro atoms. The largest absolute Gasteiger partial charge is 0.301 e. The van der Waals surface area contributed by atoms with Gasteiger partial charge in [-0.1, -0.05) is 12.1 Å². The molecule has 0 amide bonds. The lowest BCUT2D eigenvalue weighted by Gasteiger charge is -2.25. The molecule has 17 heavy (non-hydrogen) atoms. The van der Waals surface area contributed by atoms with Gasteiger partial charge in [-0.15, -0.1) is 0 Å². The van der Waals surface area contributed by atoms with Gasteiger partial charge in [0.05, 0.1) is 0 Å². The topological polar surface area (TPSA) is 20.3 Å². The zero-order valence-electron chi connectivity index (χ0n) is 9.69. The van der Waals surface area contributed by atoms with Gasteiger partial charge in [-0.05, 0) is 12.1 Å². The van der Waals surface area contributed by atoms with E-state index < -0.39 is 0 Å². The molecule has 0 atom stereocenters.